The zero-order chi connectivity index (χ0) is 23.5. The van der Waals surface area contributed by atoms with Crippen molar-refractivity contribution in [3.8, 4) is 5.75 Å². The molecule has 1 aliphatic heterocycles. The number of benzene rings is 3. The van der Waals surface area contributed by atoms with Crippen LogP contribution in [0.15, 0.2) is 90.1 Å². The van der Waals surface area contributed by atoms with Crippen LogP contribution in [-0.2, 0) is 11.4 Å². The molecule has 2 heterocycles. The van der Waals surface area contributed by atoms with Crippen LogP contribution in [0.1, 0.15) is 24.1 Å². The monoisotopic (exact) mass is 472 g/mol. The van der Waals surface area contributed by atoms with Crippen LogP contribution in [0.3, 0.4) is 0 Å². The normalized spacial score (nSPS) is 14.8. The van der Waals surface area contributed by atoms with E-state index in [9.17, 15) is 4.79 Å². The maximum atomic E-state index is 13.3. The van der Waals surface area contributed by atoms with Gasteiger partial charge in [-0.15, -0.1) is 0 Å². The SMILES string of the molecule is CC1=C(C(=O)Nc2ccccc2)C(c2ccc(OCc3ccccc3Cl)cc2)n2nnnc2N1. The summed E-state index contributed by atoms with van der Waals surface area (Å²) in [6, 6.07) is 23.9. The van der Waals surface area contributed by atoms with Gasteiger partial charge in [-0.3, -0.25) is 4.79 Å². The summed E-state index contributed by atoms with van der Waals surface area (Å²) in [5.41, 5.74) is 3.66. The molecule has 0 radical (unpaired) electrons. The molecule has 0 bridgehead atoms. The third kappa shape index (κ3) is 4.35. The predicted octanol–water partition coefficient (Wildman–Crippen LogP) is 4.83. The number of fused-ring (bicyclic) bond motifs is 1. The van der Waals surface area contributed by atoms with E-state index in [1.165, 1.54) is 0 Å². The van der Waals surface area contributed by atoms with Gasteiger partial charge in [-0.1, -0.05) is 65.2 Å². The number of allylic oxidation sites excluding steroid dienone is 1. The molecule has 34 heavy (non-hydrogen) atoms. The number of nitrogens with zero attached hydrogens (tertiary/aromatic N) is 4. The first-order valence-electron chi connectivity index (χ1n) is 10.7. The van der Waals surface area contributed by atoms with Gasteiger partial charge >= 0.3 is 0 Å². The van der Waals surface area contributed by atoms with E-state index in [-0.39, 0.29) is 5.91 Å². The van der Waals surface area contributed by atoms with Crippen molar-refractivity contribution in [3.63, 3.8) is 0 Å². The summed E-state index contributed by atoms with van der Waals surface area (Å²) in [6.45, 7) is 2.19. The zero-order valence-electron chi connectivity index (χ0n) is 18.3. The Bertz CT molecular complexity index is 1350. The van der Waals surface area contributed by atoms with E-state index < -0.39 is 6.04 Å². The average Bonchev–Trinajstić information content (AvgIpc) is 3.32. The lowest BCUT2D eigenvalue weighted by Crippen LogP contribution is -2.31. The second kappa shape index (κ2) is 9.36. The van der Waals surface area contributed by atoms with Crippen LogP contribution in [0.25, 0.3) is 0 Å². The van der Waals surface area contributed by atoms with Crippen molar-refractivity contribution in [1.82, 2.24) is 20.2 Å². The van der Waals surface area contributed by atoms with Crippen molar-refractivity contribution in [3.05, 3.63) is 106 Å². The lowest BCUT2D eigenvalue weighted by Gasteiger charge is -2.28. The molecule has 1 unspecified atom stereocenters. The van der Waals surface area contributed by atoms with Gasteiger partial charge in [0.25, 0.3) is 5.91 Å². The minimum atomic E-state index is -0.507. The molecule has 1 amide bonds. The topological polar surface area (TPSA) is 94.0 Å². The molecule has 2 N–H and O–H groups in total. The number of hydrogen-bond acceptors (Lipinski definition) is 6. The van der Waals surface area contributed by atoms with Crippen molar-refractivity contribution >= 4 is 29.1 Å². The lowest BCUT2D eigenvalue weighted by atomic mass is 9.95. The molecule has 0 fully saturated rings. The van der Waals surface area contributed by atoms with Crippen molar-refractivity contribution in [2.75, 3.05) is 10.6 Å². The van der Waals surface area contributed by atoms with Gasteiger partial charge in [0.2, 0.25) is 5.95 Å². The third-order valence-electron chi connectivity index (χ3n) is 5.54. The molecule has 1 aromatic heterocycles. The summed E-state index contributed by atoms with van der Waals surface area (Å²) in [7, 11) is 0. The van der Waals surface area contributed by atoms with Gasteiger partial charge in [0.1, 0.15) is 18.4 Å². The molecule has 4 aromatic rings. The molecule has 170 valence electrons. The number of tetrazole rings is 1. The highest BCUT2D eigenvalue weighted by Gasteiger charge is 2.34. The Morgan fingerprint density at radius 1 is 1.06 bits per heavy atom. The van der Waals surface area contributed by atoms with Gasteiger partial charge < -0.3 is 15.4 Å². The fourth-order valence-electron chi connectivity index (χ4n) is 3.86. The quantitative estimate of drug-likeness (QED) is 0.417. The van der Waals surface area contributed by atoms with Crippen LogP contribution in [0, 0.1) is 0 Å². The zero-order valence-corrected chi connectivity index (χ0v) is 19.0. The fourth-order valence-corrected chi connectivity index (χ4v) is 4.05. The number of anilines is 2. The molecule has 9 heteroatoms. The number of amides is 1. The van der Waals surface area contributed by atoms with E-state index >= 15 is 0 Å². The van der Waals surface area contributed by atoms with Crippen LogP contribution in [0.2, 0.25) is 5.02 Å². The molecule has 0 spiro atoms. The molecule has 1 aliphatic rings. The molecule has 0 saturated heterocycles. The first-order valence-corrected chi connectivity index (χ1v) is 11.1. The van der Waals surface area contributed by atoms with Gasteiger partial charge in [-0.05, 0) is 53.2 Å². The minimum Gasteiger partial charge on any atom is -0.489 e. The largest absolute Gasteiger partial charge is 0.489 e. The summed E-state index contributed by atoms with van der Waals surface area (Å²) in [6.07, 6.45) is 0. The Hall–Kier alpha value is -4.17. The summed E-state index contributed by atoms with van der Waals surface area (Å²) < 4.78 is 7.51. The first-order chi connectivity index (χ1) is 16.6. The summed E-state index contributed by atoms with van der Waals surface area (Å²) >= 11 is 6.22. The molecule has 0 aliphatic carbocycles. The maximum Gasteiger partial charge on any atom is 0.255 e. The van der Waals surface area contributed by atoms with Gasteiger partial charge in [-0.2, -0.15) is 4.68 Å². The van der Waals surface area contributed by atoms with Gasteiger partial charge in [0, 0.05) is 22.0 Å². The van der Waals surface area contributed by atoms with Crippen molar-refractivity contribution in [1.29, 1.82) is 0 Å². The minimum absolute atomic E-state index is 0.235. The maximum absolute atomic E-state index is 13.3. The molecular weight excluding hydrogens is 452 g/mol. The highest BCUT2D eigenvalue weighted by atomic mass is 35.5. The summed E-state index contributed by atoms with van der Waals surface area (Å²) in [5.74, 6) is 0.921. The molecular formula is C25H21ClN6O2. The van der Waals surface area contributed by atoms with E-state index in [0.717, 1.165) is 11.1 Å². The number of rotatable bonds is 6. The van der Waals surface area contributed by atoms with Gasteiger partial charge in [0.05, 0.1) is 5.57 Å². The van der Waals surface area contributed by atoms with Crippen LogP contribution >= 0.6 is 11.6 Å². The van der Waals surface area contributed by atoms with Crippen LogP contribution < -0.4 is 15.4 Å². The third-order valence-corrected chi connectivity index (χ3v) is 5.91. The Morgan fingerprint density at radius 3 is 2.56 bits per heavy atom. The van der Waals surface area contributed by atoms with E-state index in [4.69, 9.17) is 16.3 Å². The first kappa shape index (κ1) is 21.7. The second-order valence-electron chi connectivity index (χ2n) is 7.78. The molecule has 1 atom stereocenters. The Morgan fingerprint density at radius 2 is 1.79 bits per heavy atom. The van der Waals surface area contributed by atoms with Gasteiger partial charge in [-0.25, -0.2) is 0 Å². The predicted molar refractivity (Wildman–Crippen MR) is 130 cm³/mol. The van der Waals surface area contributed by atoms with E-state index in [0.29, 0.717) is 40.3 Å². The smallest absolute Gasteiger partial charge is 0.255 e. The Kier molecular flexibility index (Phi) is 5.97. The summed E-state index contributed by atoms with van der Waals surface area (Å²) in [4.78, 5) is 13.3. The number of para-hydroxylation sites is 1. The lowest BCUT2D eigenvalue weighted by molar-refractivity contribution is -0.113. The fraction of sp³-hybridized carbons (Fsp3) is 0.120. The van der Waals surface area contributed by atoms with Crippen molar-refractivity contribution in [2.45, 2.75) is 19.6 Å². The molecule has 3 aromatic carbocycles. The highest BCUT2D eigenvalue weighted by molar-refractivity contribution is 6.31. The van der Waals surface area contributed by atoms with E-state index in [2.05, 4.69) is 26.2 Å². The van der Waals surface area contributed by atoms with E-state index in [1.54, 1.807) is 4.68 Å². The van der Waals surface area contributed by atoms with E-state index in [1.807, 2.05) is 85.8 Å². The summed E-state index contributed by atoms with van der Waals surface area (Å²) in [5, 5.41) is 18.7. The van der Waals surface area contributed by atoms with Crippen LogP contribution in [-0.4, -0.2) is 26.1 Å². The number of aromatic nitrogens is 4. The van der Waals surface area contributed by atoms with Crippen LogP contribution in [0.4, 0.5) is 11.6 Å². The Labute approximate surface area is 201 Å². The van der Waals surface area contributed by atoms with Crippen LogP contribution in [0.5, 0.6) is 5.75 Å². The highest BCUT2D eigenvalue weighted by Crippen LogP contribution is 2.35. The number of hydrogen-bond donors (Lipinski definition) is 2. The number of halogens is 1. The van der Waals surface area contributed by atoms with Crippen molar-refractivity contribution < 1.29 is 9.53 Å². The standard InChI is InChI=1S/C25H21ClN6O2/c1-16-22(24(33)28-19-8-3-2-4-9-19)23(32-25(27-16)29-30-31-32)17-11-13-20(14-12-17)34-15-18-7-5-6-10-21(18)26/h2-14,23H,15H2,1H3,(H,28,33)(H,27,29,31). The van der Waals surface area contributed by atoms with Gasteiger partial charge in [0.15, 0.2) is 0 Å². The average molecular weight is 473 g/mol. The molecule has 8 nitrogen and oxygen atoms in total. The number of ether oxygens (including phenoxy) is 1. The number of carbonyl (C=O) groups is 1. The second-order valence-corrected chi connectivity index (χ2v) is 8.19. The number of nitrogens with one attached hydrogen (secondary N) is 2. The number of carbonyl (C=O) groups excluding carboxylic acids is 1. The molecule has 0 saturated carbocycles. The molecule has 5 rings (SSSR count). The Balaban J connectivity index is 1.42. The van der Waals surface area contributed by atoms with Crippen molar-refractivity contribution in [2.24, 2.45) is 0 Å².